The van der Waals surface area contributed by atoms with E-state index in [-0.39, 0.29) is 0 Å². The first-order valence-corrected chi connectivity index (χ1v) is 11.6. The van der Waals surface area contributed by atoms with Crippen LogP contribution in [0.25, 0.3) is 0 Å². The van der Waals surface area contributed by atoms with E-state index in [1.165, 1.54) is 109 Å². The Labute approximate surface area is 163 Å². The van der Waals surface area contributed by atoms with Gasteiger partial charge in [0.05, 0.1) is 0 Å². The molecule has 0 unspecified atom stereocenters. The third-order valence-electron chi connectivity index (χ3n) is 5.15. The van der Waals surface area contributed by atoms with Gasteiger partial charge in [0.2, 0.25) is 0 Å². The summed E-state index contributed by atoms with van der Waals surface area (Å²) in [6.45, 7) is 2.26. The van der Waals surface area contributed by atoms with Crippen molar-refractivity contribution in [3.05, 3.63) is 12.2 Å². The zero-order valence-corrected chi connectivity index (χ0v) is 17.7. The van der Waals surface area contributed by atoms with Crippen molar-refractivity contribution in [2.45, 2.75) is 135 Å². The van der Waals surface area contributed by atoms with Crippen molar-refractivity contribution < 1.29 is 9.90 Å². The Bertz CT molecular complexity index is 309. The second-order valence-corrected chi connectivity index (χ2v) is 7.85. The van der Waals surface area contributed by atoms with Crippen molar-refractivity contribution in [1.82, 2.24) is 0 Å². The van der Waals surface area contributed by atoms with Crippen LogP contribution in [0, 0.1) is 0 Å². The zero-order chi connectivity index (χ0) is 19.1. The summed E-state index contributed by atoms with van der Waals surface area (Å²) in [6.07, 6.45) is 30.1. The van der Waals surface area contributed by atoms with Gasteiger partial charge in [-0.25, -0.2) is 0 Å². The largest absolute Gasteiger partial charge is 0.481 e. The lowest BCUT2D eigenvalue weighted by Crippen LogP contribution is -1.93. The van der Waals surface area contributed by atoms with E-state index >= 15 is 0 Å². The first-order valence-electron chi connectivity index (χ1n) is 11.6. The average Bonchev–Trinajstić information content (AvgIpc) is 2.62. The van der Waals surface area contributed by atoms with E-state index in [1.54, 1.807) is 0 Å². The summed E-state index contributed by atoms with van der Waals surface area (Å²) in [5.74, 6) is -0.653. The van der Waals surface area contributed by atoms with Crippen LogP contribution in [0.5, 0.6) is 0 Å². The molecule has 26 heavy (non-hydrogen) atoms. The average molecular weight is 367 g/mol. The Morgan fingerprint density at radius 2 is 0.923 bits per heavy atom. The molecule has 0 aromatic heterocycles. The van der Waals surface area contributed by atoms with E-state index in [9.17, 15) is 4.79 Å². The van der Waals surface area contributed by atoms with E-state index in [1.807, 2.05) is 0 Å². The van der Waals surface area contributed by atoms with Gasteiger partial charge in [-0.2, -0.15) is 0 Å². The zero-order valence-electron chi connectivity index (χ0n) is 17.7. The summed E-state index contributed by atoms with van der Waals surface area (Å²) in [4.78, 5) is 10.4. The molecule has 0 saturated carbocycles. The summed E-state index contributed by atoms with van der Waals surface area (Å²) in [5, 5.41) is 8.57. The minimum atomic E-state index is -0.653. The Hall–Kier alpha value is -0.790. The van der Waals surface area contributed by atoms with Crippen LogP contribution >= 0.6 is 0 Å². The molecule has 2 nitrogen and oxygen atoms in total. The smallest absolute Gasteiger partial charge is 0.303 e. The summed E-state index contributed by atoms with van der Waals surface area (Å²) in [6, 6.07) is 0. The van der Waals surface area contributed by atoms with Crippen LogP contribution in [0.4, 0.5) is 0 Å². The van der Waals surface area contributed by atoms with Gasteiger partial charge in [-0.3, -0.25) is 4.79 Å². The standard InChI is InChI=1S/C24H46O2/c1-2-3-4-5-6-7-8-9-10-11-12-13-14-15-16-17-18-19-20-21-22-23-24(25)26/h6-7H,2-5,8-23H2,1H3,(H,25,26)/b7-6+. The van der Waals surface area contributed by atoms with Crippen molar-refractivity contribution >= 4 is 5.97 Å². The molecule has 0 bridgehead atoms. The number of hydrogen-bond acceptors (Lipinski definition) is 1. The van der Waals surface area contributed by atoms with Gasteiger partial charge < -0.3 is 5.11 Å². The first kappa shape index (κ1) is 25.2. The van der Waals surface area contributed by atoms with Gasteiger partial charge in [-0.15, -0.1) is 0 Å². The summed E-state index contributed by atoms with van der Waals surface area (Å²) in [7, 11) is 0. The highest BCUT2D eigenvalue weighted by Gasteiger charge is 1.97. The van der Waals surface area contributed by atoms with Crippen molar-refractivity contribution in [1.29, 1.82) is 0 Å². The quantitative estimate of drug-likeness (QED) is 0.163. The van der Waals surface area contributed by atoms with Crippen LogP contribution in [-0.4, -0.2) is 11.1 Å². The molecule has 0 saturated heterocycles. The van der Waals surface area contributed by atoms with Crippen LogP contribution in [-0.2, 0) is 4.79 Å². The van der Waals surface area contributed by atoms with E-state index in [0.717, 1.165) is 12.8 Å². The van der Waals surface area contributed by atoms with Crippen molar-refractivity contribution in [2.24, 2.45) is 0 Å². The minimum Gasteiger partial charge on any atom is -0.481 e. The van der Waals surface area contributed by atoms with E-state index in [4.69, 9.17) is 5.11 Å². The van der Waals surface area contributed by atoms with Gasteiger partial charge in [-0.1, -0.05) is 109 Å². The normalized spacial score (nSPS) is 11.4. The molecule has 0 aliphatic carbocycles. The molecule has 0 radical (unpaired) electrons. The topological polar surface area (TPSA) is 37.3 Å². The number of unbranched alkanes of at least 4 members (excludes halogenated alkanes) is 17. The third-order valence-corrected chi connectivity index (χ3v) is 5.15. The van der Waals surface area contributed by atoms with Crippen molar-refractivity contribution in [2.75, 3.05) is 0 Å². The number of carboxylic acid groups (broad SMARTS) is 1. The van der Waals surface area contributed by atoms with Gasteiger partial charge in [0.15, 0.2) is 0 Å². The molecule has 0 amide bonds. The number of hydrogen-bond donors (Lipinski definition) is 1. The Kier molecular flexibility index (Phi) is 21.6. The Morgan fingerprint density at radius 1 is 0.577 bits per heavy atom. The van der Waals surface area contributed by atoms with E-state index < -0.39 is 5.97 Å². The van der Waals surface area contributed by atoms with Crippen LogP contribution in [0.15, 0.2) is 12.2 Å². The van der Waals surface area contributed by atoms with Crippen LogP contribution in [0.3, 0.4) is 0 Å². The van der Waals surface area contributed by atoms with Gasteiger partial charge >= 0.3 is 5.97 Å². The molecule has 0 aliphatic heterocycles. The number of rotatable bonds is 21. The van der Waals surface area contributed by atoms with E-state index in [0.29, 0.717) is 6.42 Å². The molecule has 0 heterocycles. The lowest BCUT2D eigenvalue weighted by atomic mass is 10.0. The molecule has 0 rings (SSSR count). The van der Waals surface area contributed by atoms with Gasteiger partial charge in [0, 0.05) is 6.42 Å². The molecule has 0 atom stereocenters. The molecule has 1 N–H and O–H groups in total. The Morgan fingerprint density at radius 3 is 1.31 bits per heavy atom. The summed E-state index contributed by atoms with van der Waals surface area (Å²) in [5.41, 5.74) is 0. The fraction of sp³-hybridized carbons (Fsp3) is 0.875. The molecule has 0 aromatic carbocycles. The highest BCUT2D eigenvalue weighted by Crippen LogP contribution is 2.14. The SMILES string of the molecule is CCCCC/C=C/CCCCCCCCCCCCCCCCC(=O)O. The fourth-order valence-corrected chi connectivity index (χ4v) is 3.41. The second kappa shape index (κ2) is 22.3. The highest BCUT2D eigenvalue weighted by molar-refractivity contribution is 5.66. The lowest BCUT2D eigenvalue weighted by Gasteiger charge is -2.03. The third kappa shape index (κ3) is 23.2. The predicted octanol–water partition coefficient (Wildman–Crippen LogP) is 8.45. The van der Waals surface area contributed by atoms with Gasteiger partial charge in [-0.05, 0) is 32.1 Å². The second-order valence-electron chi connectivity index (χ2n) is 7.85. The highest BCUT2D eigenvalue weighted by atomic mass is 16.4. The molecular formula is C24H46O2. The summed E-state index contributed by atoms with van der Waals surface area (Å²) < 4.78 is 0. The molecule has 0 aliphatic rings. The maximum absolute atomic E-state index is 10.4. The van der Waals surface area contributed by atoms with E-state index in [2.05, 4.69) is 19.1 Å². The first-order chi connectivity index (χ1) is 12.8. The van der Waals surface area contributed by atoms with Crippen molar-refractivity contribution in [3.8, 4) is 0 Å². The molecule has 2 heteroatoms. The molecular weight excluding hydrogens is 320 g/mol. The maximum atomic E-state index is 10.4. The van der Waals surface area contributed by atoms with Gasteiger partial charge in [0.25, 0.3) is 0 Å². The lowest BCUT2D eigenvalue weighted by molar-refractivity contribution is -0.137. The number of carbonyl (C=O) groups is 1. The van der Waals surface area contributed by atoms with Crippen LogP contribution in [0.2, 0.25) is 0 Å². The van der Waals surface area contributed by atoms with Gasteiger partial charge in [0.1, 0.15) is 0 Å². The fourth-order valence-electron chi connectivity index (χ4n) is 3.41. The van der Waals surface area contributed by atoms with Crippen LogP contribution < -0.4 is 0 Å². The van der Waals surface area contributed by atoms with Crippen LogP contribution in [0.1, 0.15) is 135 Å². The Balaban J connectivity index is 3.04. The number of aliphatic carboxylic acids is 1. The van der Waals surface area contributed by atoms with Crippen molar-refractivity contribution in [3.63, 3.8) is 0 Å². The minimum absolute atomic E-state index is 0.343. The maximum Gasteiger partial charge on any atom is 0.303 e. The monoisotopic (exact) mass is 366 g/mol. The number of carboxylic acids is 1. The summed E-state index contributed by atoms with van der Waals surface area (Å²) >= 11 is 0. The molecule has 154 valence electrons. The predicted molar refractivity (Wildman–Crippen MR) is 115 cm³/mol. The molecule has 0 fully saturated rings. The number of allylic oxidation sites excluding steroid dienone is 2. The molecule has 0 aromatic rings. The molecule has 0 spiro atoms.